The molecule has 0 radical (unpaired) electrons. The molecule has 0 aliphatic rings. The highest BCUT2D eigenvalue weighted by atomic mass is 32.2. The zero-order valence-electron chi connectivity index (χ0n) is 11.4. The van der Waals surface area contributed by atoms with Gasteiger partial charge in [0.2, 0.25) is 0 Å². The molecule has 4 heteroatoms. The highest BCUT2D eigenvalue weighted by molar-refractivity contribution is 7.99. The molecule has 0 aliphatic heterocycles. The first kappa shape index (κ1) is 14.2. The summed E-state index contributed by atoms with van der Waals surface area (Å²) in [5.41, 5.74) is 1.98. The van der Waals surface area contributed by atoms with Gasteiger partial charge in [0.1, 0.15) is 0 Å². The van der Waals surface area contributed by atoms with Gasteiger partial charge in [-0.3, -0.25) is 0 Å². The van der Waals surface area contributed by atoms with Crippen molar-refractivity contribution in [3.05, 3.63) is 47.8 Å². The number of nitrogens with zero attached hydrogens (tertiary/aromatic N) is 2. The highest BCUT2D eigenvalue weighted by Gasteiger charge is 2.11. The Bertz CT molecular complexity index is 510. The molecule has 1 aromatic carbocycles. The van der Waals surface area contributed by atoms with Gasteiger partial charge >= 0.3 is 0 Å². The Morgan fingerprint density at radius 1 is 1.32 bits per heavy atom. The zero-order chi connectivity index (χ0) is 13.7. The molecule has 0 amide bonds. The van der Waals surface area contributed by atoms with E-state index in [4.69, 9.17) is 0 Å². The Balaban J connectivity index is 2.20. The summed E-state index contributed by atoms with van der Waals surface area (Å²) in [5.74, 6) is 0. The molecule has 3 nitrogen and oxygen atoms in total. The molecule has 0 bridgehead atoms. The van der Waals surface area contributed by atoms with E-state index in [9.17, 15) is 5.11 Å². The van der Waals surface area contributed by atoms with Crippen LogP contribution >= 0.6 is 11.8 Å². The lowest BCUT2D eigenvalue weighted by atomic mass is 10.2. The number of aromatic nitrogens is 2. The number of hydrogen-bond acceptors (Lipinski definition) is 3. The van der Waals surface area contributed by atoms with Gasteiger partial charge in [-0.15, -0.1) is 0 Å². The van der Waals surface area contributed by atoms with Crippen LogP contribution in [0.1, 0.15) is 31.5 Å². The number of benzene rings is 1. The topological polar surface area (TPSA) is 38.1 Å². The summed E-state index contributed by atoms with van der Waals surface area (Å²) in [6, 6.07) is 10.3. The van der Waals surface area contributed by atoms with Crippen molar-refractivity contribution in [2.75, 3.05) is 0 Å². The van der Waals surface area contributed by atoms with Crippen LogP contribution in [0.2, 0.25) is 0 Å². The second-order valence-corrected chi connectivity index (χ2v) is 6.03. The van der Waals surface area contributed by atoms with Crippen molar-refractivity contribution in [2.45, 2.75) is 43.8 Å². The van der Waals surface area contributed by atoms with Gasteiger partial charge in [0.25, 0.3) is 0 Å². The Labute approximate surface area is 118 Å². The number of hydrogen-bond donors (Lipinski definition) is 1. The van der Waals surface area contributed by atoms with Gasteiger partial charge in [0.15, 0.2) is 5.16 Å². The monoisotopic (exact) mass is 276 g/mol. The van der Waals surface area contributed by atoms with E-state index >= 15 is 0 Å². The Morgan fingerprint density at radius 3 is 2.68 bits per heavy atom. The Morgan fingerprint density at radius 2 is 2.05 bits per heavy atom. The van der Waals surface area contributed by atoms with Crippen molar-refractivity contribution >= 4 is 11.8 Å². The maximum atomic E-state index is 9.25. The van der Waals surface area contributed by atoms with Gasteiger partial charge in [-0.05, 0) is 12.0 Å². The van der Waals surface area contributed by atoms with Crippen LogP contribution in [-0.4, -0.2) is 19.9 Å². The van der Waals surface area contributed by atoms with Gasteiger partial charge in [0.05, 0.1) is 12.3 Å². The van der Waals surface area contributed by atoms with Gasteiger partial charge < -0.3 is 9.67 Å². The van der Waals surface area contributed by atoms with Crippen LogP contribution < -0.4 is 0 Å². The first-order valence-corrected chi connectivity index (χ1v) is 7.48. The second kappa shape index (κ2) is 6.78. The molecule has 1 N–H and O–H groups in total. The summed E-state index contributed by atoms with van der Waals surface area (Å²) in [5, 5.41) is 10.8. The van der Waals surface area contributed by atoms with E-state index in [2.05, 4.69) is 35.5 Å². The molecule has 19 heavy (non-hydrogen) atoms. The minimum Gasteiger partial charge on any atom is -0.390 e. The molecule has 2 rings (SSSR count). The molecule has 2 aromatic rings. The third-order valence-corrected chi connectivity index (χ3v) is 4.30. The maximum absolute atomic E-state index is 9.25. The lowest BCUT2D eigenvalue weighted by Gasteiger charge is -2.10. The molecular formula is C15H20N2OS. The number of aliphatic hydroxyl groups is 1. The third-order valence-electron chi connectivity index (χ3n) is 3.03. The fourth-order valence-corrected chi connectivity index (χ4v) is 2.73. The summed E-state index contributed by atoms with van der Waals surface area (Å²) in [7, 11) is 0. The molecule has 0 unspecified atom stereocenters. The van der Waals surface area contributed by atoms with Crippen LogP contribution in [0.15, 0.2) is 41.7 Å². The summed E-state index contributed by atoms with van der Waals surface area (Å²) in [6.45, 7) is 5.17. The molecule has 102 valence electrons. The fourth-order valence-electron chi connectivity index (χ4n) is 1.78. The smallest absolute Gasteiger partial charge is 0.168 e. The fraction of sp³-hybridized carbons (Fsp3) is 0.400. The van der Waals surface area contributed by atoms with Gasteiger partial charge in [-0.25, -0.2) is 4.98 Å². The maximum Gasteiger partial charge on any atom is 0.168 e. The van der Waals surface area contributed by atoms with E-state index in [1.807, 2.05) is 24.4 Å². The quantitative estimate of drug-likeness (QED) is 0.823. The van der Waals surface area contributed by atoms with E-state index < -0.39 is 0 Å². The lowest BCUT2D eigenvalue weighted by Crippen LogP contribution is -2.03. The SMILES string of the molecule is CC[C@@H](C)Sc1nc(CO)cn1Cc1ccccc1. The predicted molar refractivity (Wildman–Crippen MR) is 79.3 cm³/mol. The summed E-state index contributed by atoms with van der Waals surface area (Å²) >= 11 is 1.77. The van der Waals surface area contributed by atoms with Gasteiger partial charge in [-0.1, -0.05) is 55.9 Å². The van der Waals surface area contributed by atoms with Gasteiger partial charge in [0, 0.05) is 18.0 Å². The first-order chi connectivity index (χ1) is 9.22. The number of imidazole rings is 1. The van der Waals surface area contributed by atoms with E-state index in [-0.39, 0.29) is 6.61 Å². The molecular weight excluding hydrogens is 256 g/mol. The van der Waals surface area contributed by atoms with E-state index in [0.717, 1.165) is 23.8 Å². The Kier molecular flexibility index (Phi) is 5.05. The lowest BCUT2D eigenvalue weighted by molar-refractivity contribution is 0.277. The summed E-state index contributed by atoms with van der Waals surface area (Å²) < 4.78 is 2.12. The standard InChI is InChI=1S/C15H20N2OS/c1-3-12(2)19-15-16-14(11-18)10-17(15)9-13-7-5-4-6-8-13/h4-8,10,12,18H,3,9,11H2,1-2H3/t12-/m1/s1. The summed E-state index contributed by atoms with van der Waals surface area (Å²) in [4.78, 5) is 4.49. The first-order valence-electron chi connectivity index (χ1n) is 6.60. The Hall–Kier alpha value is -1.26. The van der Waals surface area contributed by atoms with E-state index in [0.29, 0.717) is 5.25 Å². The van der Waals surface area contributed by atoms with Crippen LogP contribution in [0, 0.1) is 0 Å². The van der Waals surface area contributed by atoms with Crippen LogP contribution in [-0.2, 0) is 13.2 Å². The highest BCUT2D eigenvalue weighted by Crippen LogP contribution is 2.25. The molecule has 0 saturated carbocycles. The molecule has 0 saturated heterocycles. The van der Waals surface area contributed by atoms with Crippen molar-refractivity contribution in [2.24, 2.45) is 0 Å². The van der Waals surface area contributed by atoms with Crippen LogP contribution in [0.25, 0.3) is 0 Å². The van der Waals surface area contributed by atoms with Gasteiger partial charge in [-0.2, -0.15) is 0 Å². The van der Waals surface area contributed by atoms with Crippen LogP contribution in [0.5, 0.6) is 0 Å². The van der Waals surface area contributed by atoms with Crippen LogP contribution in [0.3, 0.4) is 0 Å². The normalized spacial score (nSPS) is 12.6. The molecule has 0 aliphatic carbocycles. The van der Waals surface area contributed by atoms with E-state index in [1.165, 1.54) is 5.56 Å². The number of rotatable bonds is 6. The van der Waals surface area contributed by atoms with Crippen molar-refractivity contribution in [3.63, 3.8) is 0 Å². The second-order valence-electron chi connectivity index (χ2n) is 4.62. The average molecular weight is 276 g/mol. The largest absolute Gasteiger partial charge is 0.390 e. The molecule has 1 aromatic heterocycles. The number of aliphatic hydroxyl groups excluding tert-OH is 1. The third kappa shape index (κ3) is 3.85. The molecule has 0 spiro atoms. The minimum atomic E-state index is -0.00411. The average Bonchev–Trinajstić information content (AvgIpc) is 2.82. The van der Waals surface area contributed by atoms with Crippen molar-refractivity contribution in [1.29, 1.82) is 0 Å². The van der Waals surface area contributed by atoms with Crippen molar-refractivity contribution in [3.8, 4) is 0 Å². The van der Waals surface area contributed by atoms with Crippen molar-refractivity contribution < 1.29 is 5.11 Å². The predicted octanol–water partition coefficient (Wildman–Crippen LogP) is 3.31. The van der Waals surface area contributed by atoms with Crippen LogP contribution in [0.4, 0.5) is 0 Å². The molecule has 1 heterocycles. The van der Waals surface area contributed by atoms with E-state index in [1.54, 1.807) is 11.8 Å². The van der Waals surface area contributed by atoms with Crippen molar-refractivity contribution in [1.82, 2.24) is 9.55 Å². The number of thioether (sulfide) groups is 1. The zero-order valence-corrected chi connectivity index (χ0v) is 12.2. The summed E-state index contributed by atoms with van der Waals surface area (Å²) in [6.07, 6.45) is 3.05. The molecule has 1 atom stereocenters. The minimum absolute atomic E-state index is 0.00411. The molecule has 0 fully saturated rings.